The molecule has 0 saturated heterocycles. The second-order valence-corrected chi connectivity index (χ2v) is 15.8. The van der Waals surface area contributed by atoms with Crippen LogP contribution in [0.3, 0.4) is 0 Å². The number of imidazole rings is 1. The minimum Gasteiger partial charge on any atom is -0.292 e. The highest BCUT2D eigenvalue weighted by atomic mass is 15.1. The van der Waals surface area contributed by atoms with Crippen molar-refractivity contribution >= 4 is 50.8 Å². The fourth-order valence-electron chi connectivity index (χ4n) is 9.65. The highest BCUT2D eigenvalue weighted by molar-refractivity contribution is 6.08. The highest BCUT2D eigenvalue weighted by Gasteiger charge is 2.39. The van der Waals surface area contributed by atoms with E-state index in [2.05, 4.69) is 187 Å². The molecule has 2 heteroatoms. The smallest absolute Gasteiger partial charge is 0.145 e. The van der Waals surface area contributed by atoms with Gasteiger partial charge in [0, 0.05) is 11.3 Å². The van der Waals surface area contributed by atoms with Crippen molar-refractivity contribution in [1.29, 1.82) is 0 Å². The number of hydrogen-bond acceptors (Lipinski definition) is 1. The number of allylic oxidation sites excluding steroid dienone is 1. The van der Waals surface area contributed by atoms with E-state index in [-0.39, 0.29) is 0 Å². The van der Waals surface area contributed by atoms with Crippen LogP contribution in [0.4, 0.5) is 0 Å². The number of hydrogen-bond donors (Lipinski definition) is 0. The molecular formula is C54H38N2. The summed E-state index contributed by atoms with van der Waals surface area (Å²) in [6.45, 7) is 0. The molecule has 2 atom stereocenters. The maximum atomic E-state index is 5.13. The summed E-state index contributed by atoms with van der Waals surface area (Å²) < 4.78 is 2.27. The van der Waals surface area contributed by atoms with E-state index in [4.69, 9.17) is 4.98 Å². The summed E-state index contributed by atoms with van der Waals surface area (Å²) in [5, 5.41) is 7.86. The third-order valence-corrected chi connectivity index (χ3v) is 12.5. The van der Waals surface area contributed by atoms with Crippen LogP contribution in [0.2, 0.25) is 0 Å². The third-order valence-electron chi connectivity index (χ3n) is 12.5. The summed E-state index contributed by atoms with van der Waals surface area (Å²) >= 11 is 0. The highest BCUT2D eigenvalue weighted by Crippen LogP contribution is 2.53. The molecule has 1 fully saturated rings. The van der Waals surface area contributed by atoms with Crippen molar-refractivity contribution in [2.24, 2.45) is 5.92 Å². The molecule has 2 unspecified atom stereocenters. The largest absolute Gasteiger partial charge is 0.292 e. The van der Waals surface area contributed by atoms with E-state index in [0.29, 0.717) is 5.92 Å². The van der Waals surface area contributed by atoms with E-state index in [0.717, 1.165) is 46.9 Å². The molecule has 0 spiro atoms. The molecule has 0 amide bonds. The first-order valence-corrected chi connectivity index (χ1v) is 20.0. The first-order chi connectivity index (χ1) is 27.7. The van der Waals surface area contributed by atoms with Gasteiger partial charge in [0.1, 0.15) is 5.82 Å². The van der Waals surface area contributed by atoms with Crippen LogP contribution < -0.4 is 10.4 Å². The Balaban J connectivity index is 1.06. The molecule has 3 aliphatic rings. The number of aromatic nitrogens is 2. The van der Waals surface area contributed by atoms with Gasteiger partial charge in [-0.25, -0.2) is 4.98 Å². The Bertz CT molecular complexity index is 3220. The summed E-state index contributed by atoms with van der Waals surface area (Å²) in [6, 6.07) is 58.1. The van der Waals surface area contributed by atoms with Gasteiger partial charge in [0.05, 0.1) is 11.0 Å². The molecule has 9 aromatic rings. The topological polar surface area (TPSA) is 17.8 Å². The summed E-state index contributed by atoms with van der Waals surface area (Å²) in [5.74, 6) is 2.39. The monoisotopic (exact) mass is 714 g/mol. The molecule has 0 N–H and O–H groups in total. The molecule has 0 radical (unpaired) electrons. The van der Waals surface area contributed by atoms with Gasteiger partial charge in [-0.15, -0.1) is 0 Å². The first-order valence-electron chi connectivity index (χ1n) is 20.0. The Labute approximate surface area is 326 Å². The van der Waals surface area contributed by atoms with Gasteiger partial charge in [0.15, 0.2) is 0 Å². The maximum Gasteiger partial charge on any atom is 0.145 e. The number of para-hydroxylation sites is 3. The second-order valence-electron chi connectivity index (χ2n) is 15.8. The van der Waals surface area contributed by atoms with Gasteiger partial charge >= 0.3 is 0 Å². The van der Waals surface area contributed by atoms with Crippen molar-refractivity contribution in [1.82, 2.24) is 9.55 Å². The molecule has 12 rings (SSSR count). The zero-order chi connectivity index (χ0) is 36.7. The molecule has 0 aliphatic heterocycles. The molecular weight excluding hydrogens is 677 g/mol. The van der Waals surface area contributed by atoms with Gasteiger partial charge in [-0.2, -0.15) is 0 Å². The van der Waals surface area contributed by atoms with Gasteiger partial charge in [-0.3, -0.25) is 4.57 Å². The molecule has 56 heavy (non-hydrogen) atoms. The predicted molar refractivity (Wildman–Crippen MR) is 235 cm³/mol. The Kier molecular flexibility index (Phi) is 6.98. The van der Waals surface area contributed by atoms with E-state index in [1.165, 1.54) is 82.9 Å². The lowest BCUT2D eigenvalue weighted by Gasteiger charge is -2.20. The summed E-state index contributed by atoms with van der Waals surface area (Å²) in [7, 11) is 0. The fourth-order valence-corrected chi connectivity index (χ4v) is 9.65. The van der Waals surface area contributed by atoms with E-state index < -0.39 is 0 Å². The van der Waals surface area contributed by atoms with Crippen LogP contribution in [0.15, 0.2) is 164 Å². The Hall–Kier alpha value is -6.77. The minimum absolute atomic E-state index is 0.705. The van der Waals surface area contributed by atoms with Crippen LogP contribution in [0, 0.1) is 5.92 Å². The second kappa shape index (κ2) is 12.4. The van der Waals surface area contributed by atoms with Crippen molar-refractivity contribution in [3.63, 3.8) is 0 Å². The zero-order valence-corrected chi connectivity index (χ0v) is 31.0. The lowest BCUT2D eigenvalue weighted by molar-refractivity contribution is 0.996. The third kappa shape index (κ3) is 4.99. The maximum absolute atomic E-state index is 5.13. The average molecular weight is 715 g/mol. The molecule has 264 valence electrons. The fraction of sp³-hybridized carbons (Fsp3) is 0.0926. The van der Waals surface area contributed by atoms with Crippen molar-refractivity contribution < 1.29 is 0 Å². The van der Waals surface area contributed by atoms with Crippen LogP contribution in [0.5, 0.6) is 0 Å². The quantitative estimate of drug-likeness (QED) is 0.174. The van der Waals surface area contributed by atoms with E-state index in [9.17, 15) is 0 Å². The van der Waals surface area contributed by atoms with Gasteiger partial charge in [-0.05, 0) is 150 Å². The summed E-state index contributed by atoms with van der Waals surface area (Å²) in [5.41, 5.74) is 14.9. The minimum atomic E-state index is 0.705. The van der Waals surface area contributed by atoms with Crippen molar-refractivity contribution in [2.45, 2.75) is 25.2 Å². The van der Waals surface area contributed by atoms with Crippen LogP contribution in [-0.4, -0.2) is 9.55 Å². The Morgan fingerprint density at radius 1 is 0.518 bits per heavy atom. The SMILES string of the molecule is C1=CC2CC2c2ccc(-c3c4c(c(-c5ccc6ccccc6c5)c5cc(-c6ccc(-c7nc8ccccc8n7-c7ccccc7)cc6)ccc35)=CCCC=4)cc21. The molecule has 1 saturated carbocycles. The number of benzene rings is 8. The van der Waals surface area contributed by atoms with Gasteiger partial charge in [-0.1, -0.05) is 140 Å². The molecule has 8 aromatic carbocycles. The van der Waals surface area contributed by atoms with Crippen molar-refractivity contribution in [3.8, 4) is 50.5 Å². The molecule has 1 heterocycles. The van der Waals surface area contributed by atoms with E-state index in [1.807, 2.05) is 0 Å². The molecule has 0 bridgehead atoms. The van der Waals surface area contributed by atoms with Gasteiger partial charge < -0.3 is 0 Å². The molecule has 1 aromatic heterocycles. The van der Waals surface area contributed by atoms with E-state index in [1.54, 1.807) is 0 Å². The number of fused-ring (bicyclic) bond motifs is 7. The first kappa shape index (κ1) is 31.6. The summed E-state index contributed by atoms with van der Waals surface area (Å²) in [4.78, 5) is 5.13. The number of nitrogens with zero attached hydrogens (tertiary/aromatic N) is 2. The standard InChI is InChI=1S/C54H38N2/c1-2-12-43(13-3-1)56-51-17-9-8-16-50(51)55-54(56)36-21-18-35(19-22-36)38-26-29-47-49(32-38)53(41-25-20-34-10-4-5-11-37(34)30-41)46-15-7-6-14-45(46)52(47)42-27-28-44-39(31-42)23-24-40-33-48(40)44/h1-5,8-32,40,48H,6-7,33H2. The molecule has 2 nitrogen and oxygen atoms in total. The lowest BCUT2D eigenvalue weighted by atomic mass is 9.83. The van der Waals surface area contributed by atoms with Crippen LogP contribution >= 0.6 is 0 Å². The van der Waals surface area contributed by atoms with Crippen LogP contribution in [0.1, 0.15) is 36.3 Å². The normalized spacial score (nSPS) is 16.6. The Morgan fingerprint density at radius 2 is 1.20 bits per heavy atom. The van der Waals surface area contributed by atoms with E-state index >= 15 is 0 Å². The number of rotatable bonds is 5. The van der Waals surface area contributed by atoms with Crippen LogP contribution in [0.25, 0.3) is 101 Å². The predicted octanol–water partition coefficient (Wildman–Crippen LogP) is 12.5. The zero-order valence-electron chi connectivity index (χ0n) is 31.0. The Morgan fingerprint density at radius 3 is 2.05 bits per heavy atom. The van der Waals surface area contributed by atoms with Gasteiger partial charge in [0.25, 0.3) is 0 Å². The van der Waals surface area contributed by atoms with Crippen molar-refractivity contribution in [3.05, 3.63) is 185 Å². The van der Waals surface area contributed by atoms with Gasteiger partial charge in [0.2, 0.25) is 0 Å². The van der Waals surface area contributed by atoms with Crippen molar-refractivity contribution in [2.75, 3.05) is 0 Å². The average Bonchev–Trinajstić information content (AvgIpc) is 3.97. The van der Waals surface area contributed by atoms with Crippen LogP contribution in [-0.2, 0) is 0 Å². The summed E-state index contributed by atoms with van der Waals surface area (Å²) in [6.07, 6.45) is 13.2. The lowest BCUT2D eigenvalue weighted by Crippen LogP contribution is -2.31. The molecule has 3 aliphatic carbocycles.